The smallest absolute Gasteiger partial charge is 0.414 e. The first-order valence-electron chi connectivity index (χ1n) is 6.26. The van der Waals surface area contributed by atoms with Gasteiger partial charge < -0.3 is 5.11 Å². The molecular formula is C14H13BrClFN2O2S. The van der Waals surface area contributed by atoms with E-state index in [1.54, 1.807) is 26.8 Å². The normalized spacial score (nSPS) is 11.5. The molecule has 2 aromatic rings. The molecule has 0 saturated heterocycles. The lowest BCUT2D eigenvalue weighted by atomic mass is 10.1. The molecule has 0 aliphatic carbocycles. The van der Waals surface area contributed by atoms with Crippen molar-refractivity contribution in [3.8, 4) is 11.3 Å². The summed E-state index contributed by atoms with van der Waals surface area (Å²) >= 11 is 10.4. The molecule has 0 saturated carbocycles. The standard InChI is InChI=1S/C14H13BrClFN2O2S/c1-14(2,3)19(13(20)21)12-18-10(11(15)22-12)7-4-5-9(17)8(16)6-7/h4-6H,1-3H3,(H,20,21). The van der Waals surface area contributed by atoms with E-state index >= 15 is 0 Å². The van der Waals surface area contributed by atoms with E-state index in [1.165, 1.54) is 28.4 Å². The molecule has 1 heterocycles. The highest BCUT2D eigenvalue weighted by Gasteiger charge is 2.31. The number of halogens is 3. The highest BCUT2D eigenvalue weighted by Crippen LogP contribution is 2.39. The van der Waals surface area contributed by atoms with Gasteiger partial charge in [-0.3, -0.25) is 0 Å². The number of amides is 1. The second kappa shape index (κ2) is 6.14. The minimum atomic E-state index is -1.09. The molecule has 0 bridgehead atoms. The van der Waals surface area contributed by atoms with Gasteiger partial charge in [0.25, 0.3) is 0 Å². The Labute approximate surface area is 144 Å². The third kappa shape index (κ3) is 3.42. The van der Waals surface area contributed by atoms with Crippen LogP contribution in [-0.2, 0) is 0 Å². The van der Waals surface area contributed by atoms with Gasteiger partial charge in [0.05, 0.1) is 14.5 Å². The summed E-state index contributed by atoms with van der Waals surface area (Å²) in [4.78, 5) is 17.1. The Balaban J connectivity index is 2.51. The molecule has 0 unspecified atom stereocenters. The van der Waals surface area contributed by atoms with Crippen molar-refractivity contribution in [1.82, 2.24) is 4.98 Å². The third-order valence-electron chi connectivity index (χ3n) is 2.82. The average molecular weight is 408 g/mol. The fourth-order valence-electron chi connectivity index (χ4n) is 1.86. The predicted octanol–water partition coefficient (Wildman–Crippen LogP) is 5.65. The van der Waals surface area contributed by atoms with E-state index < -0.39 is 17.4 Å². The van der Waals surface area contributed by atoms with Crippen LogP contribution in [0, 0.1) is 5.82 Å². The number of thiazole rings is 1. The maximum Gasteiger partial charge on any atom is 0.414 e. The van der Waals surface area contributed by atoms with E-state index in [4.69, 9.17) is 11.6 Å². The molecule has 1 aromatic heterocycles. The zero-order valence-corrected chi connectivity index (χ0v) is 15.2. The summed E-state index contributed by atoms with van der Waals surface area (Å²) in [5, 5.41) is 9.75. The molecule has 0 aliphatic heterocycles. The van der Waals surface area contributed by atoms with Gasteiger partial charge in [-0.25, -0.2) is 19.1 Å². The molecule has 22 heavy (non-hydrogen) atoms. The van der Waals surface area contributed by atoms with Crippen LogP contribution in [0.3, 0.4) is 0 Å². The lowest BCUT2D eigenvalue weighted by Gasteiger charge is -2.30. The second-order valence-corrected chi connectivity index (χ2v) is 8.24. The quantitative estimate of drug-likeness (QED) is 0.700. The zero-order valence-electron chi connectivity index (χ0n) is 12.0. The Morgan fingerprint density at radius 1 is 1.45 bits per heavy atom. The Morgan fingerprint density at radius 3 is 2.59 bits per heavy atom. The fraction of sp³-hybridized carbons (Fsp3) is 0.286. The molecule has 1 N–H and O–H groups in total. The van der Waals surface area contributed by atoms with E-state index in [2.05, 4.69) is 20.9 Å². The Kier molecular flexibility index (Phi) is 4.79. The molecule has 0 spiro atoms. The Morgan fingerprint density at radius 2 is 2.09 bits per heavy atom. The molecule has 118 valence electrons. The van der Waals surface area contributed by atoms with Crippen molar-refractivity contribution in [2.45, 2.75) is 26.3 Å². The maximum absolute atomic E-state index is 13.3. The van der Waals surface area contributed by atoms with Crippen LogP contribution in [-0.4, -0.2) is 21.7 Å². The number of hydrogen-bond acceptors (Lipinski definition) is 3. The minimum Gasteiger partial charge on any atom is -0.465 e. The SMILES string of the molecule is CC(C)(C)N(C(=O)O)c1nc(-c2ccc(F)c(Cl)c2)c(Br)s1. The predicted molar refractivity (Wildman–Crippen MR) is 90.5 cm³/mol. The van der Waals surface area contributed by atoms with Gasteiger partial charge in [-0.1, -0.05) is 22.9 Å². The van der Waals surface area contributed by atoms with Crippen molar-refractivity contribution in [2.24, 2.45) is 0 Å². The molecule has 2 rings (SSSR count). The Bertz CT molecular complexity index is 730. The van der Waals surface area contributed by atoms with E-state index in [1.807, 2.05) is 0 Å². The summed E-state index contributed by atoms with van der Waals surface area (Å²) < 4.78 is 13.9. The molecule has 0 radical (unpaired) electrons. The van der Waals surface area contributed by atoms with Crippen molar-refractivity contribution in [1.29, 1.82) is 0 Å². The number of carboxylic acid groups (broad SMARTS) is 1. The molecule has 0 aliphatic rings. The van der Waals surface area contributed by atoms with E-state index in [0.717, 1.165) is 0 Å². The van der Waals surface area contributed by atoms with Crippen molar-refractivity contribution < 1.29 is 14.3 Å². The lowest BCUT2D eigenvalue weighted by Crippen LogP contribution is -2.45. The monoisotopic (exact) mass is 406 g/mol. The first kappa shape index (κ1) is 17.2. The van der Waals surface area contributed by atoms with Gasteiger partial charge in [-0.2, -0.15) is 0 Å². The number of carbonyl (C=O) groups is 1. The minimum absolute atomic E-state index is 0.00939. The number of nitrogens with zero attached hydrogens (tertiary/aromatic N) is 2. The van der Waals surface area contributed by atoms with Gasteiger partial charge in [0, 0.05) is 11.1 Å². The van der Waals surface area contributed by atoms with Crippen molar-refractivity contribution in [2.75, 3.05) is 4.90 Å². The molecule has 0 atom stereocenters. The van der Waals surface area contributed by atoms with Crippen LogP contribution in [0.5, 0.6) is 0 Å². The summed E-state index contributed by atoms with van der Waals surface area (Å²) in [5.74, 6) is -0.515. The third-order valence-corrected chi connectivity index (χ3v) is 4.80. The van der Waals surface area contributed by atoms with Crippen LogP contribution in [0.15, 0.2) is 22.0 Å². The van der Waals surface area contributed by atoms with Gasteiger partial charge in [0.2, 0.25) is 0 Å². The van der Waals surface area contributed by atoms with E-state index in [-0.39, 0.29) is 5.02 Å². The van der Waals surface area contributed by atoms with Crippen LogP contribution in [0.1, 0.15) is 20.8 Å². The summed E-state index contributed by atoms with van der Waals surface area (Å²) in [5.41, 5.74) is 0.498. The fourth-order valence-corrected chi connectivity index (χ4v) is 3.80. The van der Waals surface area contributed by atoms with Gasteiger partial charge in [0.1, 0.15) is 5.82 Å². The average Bonchev–Trinajstić information content (AvgIpc) is 2.72. The molecular weight excluding hydrogens is 395 g/mol. The molecule has 1 aromatic carbocycles. The van der Waals surface area contributed by atoms with Gasteiger partial charge >= 0.3 is 6.09 Å². The number of aromatic nitrogens is 1. The summed E-state index contributed by atoms with van der Waals surface area (Å²) in [6, 6.07) is 4.26. The lowest BCUT2D eigenvalue weighted by molar-refractivity contribution is 0.195. The second-order valence-electron chi connectivity index (χ2n) is 5.54. The molecule has 0 fully saturated rings. The number of hydrogen-bond donors (Lipinski definition) is 1. The van der Waals surface area contributed by atoms with Gasteiger partial charge in [-0.05, 0) is 54.9 Å². The number of benzene rings is 1. The molecule has 1 amide bonds. The maximum atomic E-state index is 13.3. The van der Waals surface area contributed by atoms with Crippen LogP contribution in [0.2, 0.25) is 5.02 Å². The van der Waals surface area contributed by atoms with Crippen LogP contribution in [0.4, 0.5) is 14.3 Å². The largest absolute Gasteiger partial charge is 0.465 e. The molecule has 8 heteroatoms. The highest BCUT2D eigenvalue weighted by atomic mass is 79.9. The van der Waals surface area contributed by atoms with E-state index in [0.29, 0.717) is 20.2 Å². The van der Waals surface area contributed by atoms with Crippen LogP contribution in [0.25, 0.3) is 11.3 Å². The first-order valence-corrected chi connectivity index (χ1v) is 8.25. The number of anilines is 1. The first-order chi connectivity index (χ1) is 10.1. The van der Waals surface area contributed by atoms with Crippen molar-refractivity contribution in [3.63, 3.8) is 0 Å². The van der Waals surface area contributed by atoms with Gasteiger partial charge in [-0.15, -0.1) is 0 Å². The highest BCUT2D eigenvalue weighted by molar-refractivity contribution is 9.11. The summed E-state index contributed by atoms with van der Waals surface area (Å²) in [6.07, 6.45) is -1.09. The van der Waals surface area contributed by atoms with Crippen LogP contribution >= 0.6 is 38.9 Å². The van der Waals surface area contributed by atoms with Crippen LogP contribution < -0.4 is 4.90 Å². The summed E-state index contributed by atoms with van der Waals surface area (Å²) in [7, 11) is 0. The Hall–Kier alpha value is -1.18. The van der Waals surface area contributed by atoms with Crippen molar-refractivity contribution in [3.05, 3.63) is 32.8 Å². The van der Waals surface area contributed by atoms with Crippen molar-refractivity contribution >= 4 is 50.1 Å². The number of rotatable bonds is 2. The zero-order chi connectivity index (χ0) is 16.7. The van der Waals surface area contributed by atoms with Gasteiger partial charge in [0.15, 0.2) is 5.13 Å². The molecule has 4 nitrogen and oxygen atoms in total. The van der Waals surface area contributed by atoms with E-state index in [9.17, 15) is 14.3 Å². The summed E-state index contributed by atoms with van der Waals surface area (Å²) in [6.45, 7) is 5.35. The topological polar surface area (TPSA) is 53.4 Å².